The smallest absolute Gasteiger partial charge is 0.205 e. The molecule has 14 heavy (non-hydrogen) atoms. The second kappa shape index (κ2) is 8.77. The molecule has 0 aliphatic carbocycles. The highest BCUT2D eigenvalue weighted by Gasteiger charge is 1.97. The van der Waals surface area contributed by atoms with Crippen LogP contribution in [0.3, 0.4) is 0 Å². The highest BCUT2D eigenvalue weighted by Crippen LogP contribution is 1.85. The first-order valence-corrected chi connectivity index (χ1v) is 5.06. The van der Waals surface area contributed by atoms with E-state index in [0.717, 1.165) is 26.2 Å². The molecule has 0 heterocycles. The number of nitrogens with one attached hydrogen (secondary N) is 2. The molecule has 0 unspecified atom stereocenters. The van der Waals surface area contributed by atoms with Gasteiger partial charge in [0.2, 0.25) is 5.96 Å². The van der Waals surface area contributed by atoms with Crippen molar-refractivity contribution in [3.8, 4) is 0 Å². The van der Waals surface area contributed by atoms with Crippen LogP contribution in [-0.4, -0.2) is 31.8 Å². The van der Waals surface area contributed by atoms with Crippen molar-refractivity contribution in [2.24, 2.45) is 10.8 Å². The molecule has 0 radical (unpaired) electrons. The van der Waals surface area contributed by atoms with E-state index in [4.69, 9.17) is 10.6 Å². The van der Waals surface area contributed by atoms with E-state index < -0.39 is 0 Å². The first kappa shape index (κ1) is 13.2. The van der Waals surface area contributed by atoms with Crippen molar-refractivity contribution in [2.45, 2.75) is 33.2 Å². The Morgan fingerprint density at radius 2 is 2.21 bits per heavy atom. The van der Waals surface area contributed by atoms with Crippen LogP contribution in [0.4, 0.5) is 0 Å². The molecule has 5 nitrogen and oxygen atoms in total. The second-order valence-electron chi connectivity index (χ2n) is 3.22. The van der Waals surface area contributed by atoms with Gasteiger partial charge in [0.15, 0.2) is 0 Å². The van der Waals surface area contributed by atoms with Crippen molar-refractivity contribution >= 4 is 5.96 Å². The highest BCUT2D eigenvalue weighted by atomic mass is 16.5. The molecule has 0 bridgehead atoms. The van der Waals surface area contributed by atoms with Gasteiger partial charge in [-0.1, -0.05) is 0 Å². The van der Waals surface area contributed by atoms with Gasteiger partial charge in [0.1, 0.15) is 0 Å². The molecule has 0 aliphatic rings. The fraction of sp³-hybridized carbons (Fsp3) is 0.889. The normalized spacial score (nSPS) is 11.9. The van der Waals surface area contributed by atoms with Gasteiger partial charge in [-0.15, -0.1) is 0 Å². The summed E-state index contributed by atoms with van der Waals surface area (Å²) in [5, 5.41) is 3.09. The van der Waals surface area contributed by atoms with Gasteiger partial charge in [0.25, 0.3) is 0 Å². The van der Waals surface area contributed by atoms with Crippen molar-refractivity contribution in [1.82, 2.24) is 10.7 Å². The van der Waals surface area contributed by atoms with Gasteiger partial charge in [-0.25, -0.2) is 5.84 Å². The van der Waals surface area contributed by atoms with Gasteiger partial charge in [-0.05, 0) is 27.2 Å². The summed E-state index contributed by atoms with van der Waals surface area (Å²) >= 11 is 0. The molecule has 0 saturated heterocycles. The van der Waals surface area contributed by atoms with Crippen molar-refractivity contribution in [1.29, 1.82) is 0 Å². The van der Waals surface area contributed by atoms with Crippen LogP contribution in [0.1, 0.15) is 27.2 Å². The van der Waals surface area contributed by atoms with E-state index in [1.165, 1.54) is 0 Å². The standard InChI is InChI=1S/C9H22N4O/c1-4-14-7-5-6-11-9(13-10)12-8(2)3/h8H,4-7,10H2,1-3H3,(H2,11,12,13). The average molecular weight is 202 g/mol. The fourth-order valence-corrected chi connectivity index (χ4v) is 0.908. The zero-order valence-corrected chi connectivity index (χ0v) is 9.34. The molecule has 4 N–H and O–H groups in total. The summed E-state index contributed by atoms with van der Waals surface area (Å²) in [6.07, 6.45) is 0.915. The topological polar surface area (TPSA) is 71.7 Å². The summed E-state index contributed by atoms with van der Waals surface area (Å²) in [5.74, 6) is 5.92. The summed E-state index contributed by atoms with van der Waals surface area (Å²) in [7, 11) is 0. The third-order valence-corrected chi connectivity index (χ3v) is 1.48. The van der Waals surface area contributed by atoms with Crippen molar-refractivity contribution < 1.29 is 4.74 Å². The van der Waals surface area contributed by atoms with Gasteiger partial charge in [-0.3, -0.25) is 10.4 Å². The molecule has 0 fully saturated rings. The molecular weight excluding hydrogens is 180 g/mol. The lowest BCUT2D eigenvalue weighted by Gasteiger charge is -2.11. The number of hydrogen-bond acceptors (Lipinski definition) is 3. The maximum Gasteiger partial charge on any atom is 0.205 e. The first-order chi connectivity index (χ1) is 6.70. The quantitative estimate of drug-likeness (QED) is 0.189. The molecule has 0 aliphatic heterocycles. The number of ether oxygens (including phenoxy) is 1. The van der Waals surface area contributed by atoms with Crippen LogP contribution in [-0.2, 0) is 4.74 Å². The minimum atomic E-state index is 0.330. The molecule has 84 valence electrons. The van der Waals surface area contributed by atoms with E-state index in [9.17, 15) is 0 Å². The van der Waals surface area contributed by atoms with Crippen molar-refractivity contribution in [2.75, 3.05) is 19.8 Å². The number of aliphatic imine (C=N–C) groups is 1. The minimum Gasteiger partial charge on any atom is -0.382 e. The van der Waals surface area contributed by atoms with E-state index in [1.54, 1.807) is 0 Å². The molecule has 5 heteroatoms. The first-order valence-electron chi connectivity index (χ1n) is 5.06. The SMILES string of the molecule is CCOCCCN=C(NN)NC(C)C. The zero-order valence-electron chi connectivity index (χ0n) is 9.34. The predicted molar refractivity (Wildman–Crippen MR) is 59.0 cm³/mol. The number of guanidine groups is 1. The molecule has 0 aromatic rings. The lowest BCUT2D eigenvalue weighted by atomic mass is 10.4. The molecule has 0 aromatic carbocycles. The highest BCUT2D eigenvalue weighted by molar-refractivity contribution is 5.79. The van der Waals surface area contributed by atoms with E-state index in [-0.39, 0.29) is 0 Å². The number of hydrogen-bond donors (Lipinski definition) is 3. The summed E-state index contributed by atoms with van der Waals surface area (Å²) in [4.78, 5) is 4.24. The van der Waals surface area contributed by atoms with Crippen molar-refractivity contribution in [3.63, 3.8) is 0 Å². The number of nitrogens with zero attached hydrogens (tertiary/aromatic N) is 1. The van der Waals surface area contributed by atoms with E-state index in [1.807, 2.05) is 20.8 Å². The second-order valence-corrected chi connectivity index (χ2v) is 3.22. The molecule has 0 aromatic heterocycles. The largest absolute Gasteiger partial charge is 0.382 e. The Bertz CT molecular complexity index is 159. The maximum atomic E-state index is 5.29. The Morgan fingerprint density at radius 3 is 2.71 bits per heavy atom. The summed E-state index contributed by atoms with van der Waals surface area (Å²) < 4.78 is 5.19. The Morgan fingerprint density at radius 1 is 1.50 bits per heavy atom. The molecule has 0 spiro atoms. The van der Waals surface area contributed by atoms with Gasteiger partial charge in [0, 0.05) is 25.8 Å². The van der Waals surface area contributed by atoms with Gasteiger partial charge >= 0.3 is 0 Å². The Hall–Kier alpha value is -0.810. The lowest BCUT2D eigenvalue weighted by molar-refractivity contribution is 0.146. The Balaban J connectivity index is 3.59. The van der Waals surface area contributed by atoms with Crippen LogP contribution in [0.5, 0.6) is 0 Å². The van der Waals surface area contributed by atoms with Crippen LogP contribution in [0, 0.1) is 0 Å². The minimum absolute atomic E-state index is 0.330. The van der Waals surface area contributed by atoms with E-state index in [0.29, 0.717) is 12.0 Å². The van der Waals surface area contributed by atoms with Gasteiger partial charge in [-0.2, -0.15) is 0 Å². The third kappa shape index (κ3) is 7.82. The monoisotopic (exact) mass is 202 g/mol. The Labute approximate surface area is 86.1 Å². The molecule has 0 rings (SSSR count). The van der Waals surface area contributed by atoms with Crippen LogP contribution in [0.2, 0.25) is 0 Å². The maximum absolute atomic E-state index is 5.29. The number of nitrogens with two attached hydrogens (primary N) is 1. The van der Waals surface area contributed by atoms with Gasteiger partial charge < -0.3 is 10.1 Å². The molecule has 0 saturated carbocycles. The Kier molecular flexibility index (Phi) is 8.27. The summed E-state index contributed by atoms with van der Waals surface area (Å²) in [6, 6.07) is 0.330. The van der Waals surface area contributed by atoms with Crippen LogP contribution >= 0.6 is 0 Å². The third-order valence-electron chi connectivity index (χ3n) is 1.48. The summed E-state index contributed by atoms with van der Waals surface area (Å²) in [6.45, 7) is 8.28. The van der Waals surface area contributed by atoms with Crippen LogP contribution in [0.25, 0.3) is 0 Å². The zero-order chi connectivity index (χ0) is 10.8. The van der Waals surface area contributed by atoms with Gasteiger partial charge in [0.05, 0.1) is 0 Å². The van der Waals surface area contributed by atoms with Crippen LogP contribution in [0.15, 0.2) is 4.99 Å². The fourth-order valence-electron chi connectivity index (χ4n) is 0.908. The predicted octanol–water partition coefficient (Wildman–Crippen LogP) is 0.230. The van der Waals surface area contributed by atoms with Crippen LogP contribution < -0.4 is 16.6 Å². The van der Waals surface area contributed by atoms with E-state index in [2.05, 4.69) is 15.7 Å². The molecular formula is C9H22N4O. The summed E-state index contributed by atoms with van der Waals surface area (Å²) in [5.41, 5.74) is 2.52. The van der Waals surface area contributed by atoms with E-state index >= 15 is 0 Å². The molecule has 0 amide bonds. The number of rotatable bonds is 6. The molecule has 0 atom stereocenters. The number of hydrazine groups is 1. The lowest BCUT2D eigenvalue weighted by Crippen LogP contribution is -2.44. The van der Waals surface area contributed by atoms with Crippen molar-refractivity contribution in [3.05, 3.63) is 0 Å². The average Bonchev–Trinajstić information content (AvgIpc) is 2.15.